The molecule has 0 atom stereocenters. The maximum Gasteiger partial charge on any atom is 0.208 e. The van der Waals surface area contributed by atoms with Crippen LogP contribution in [0.1, 0.15) is 11.3 Å². The Morgan fingerprint density at radius 2 is 2.30 bits per heavy atom. The van der Waals surface area contributed by atoms with E-state index in [4.69, 9.17) is 0 Å². The standard InChI is InChI=1S/C8H7BN/c1-6-2-3-7-4-5-9-8(7)10-6/h2-5H,1H3. The lowest BCUT2D eigenvalue weighted by molar-refractivity contribution is 1.23. The summed E-state index contributed by atoms with van der Waals surface area (Å²) in [5, 5.41) is 0. The predicted molar refractivity (Wildman–Crippen MR) is 43.4 cm³/mol. The molecule has 0 amide bonds. The van der Waals surface area contributed by atoms with E-state index >= 15 is 0 Å². The first kappa shape index (κ1) is 5.72. The van der Waals surface area contributed by atoms with Crippen molar-refractivity contribution in [1.82, 2.24) is 4.98 Å². The number of aryl methyl sites for hydroxylation is 1. The number of aromatic nitrogens is 1. The quantitative estimate of drug-likeness (QED) is 0.468. The second-order valence-corrected chi connectivity index (χ2v) is 2.45. The van der Waals surface area contributed by atoms with Crippen LogP contribution in [0.15, 0.2) is 18.1 Å². The molecule has 1 radical (unpaired) electrons. The molecule has 0 fully saturated rings. The molecule has 0 saturated heterocycles. The van der Waals surface area contributed by atoms with Crippen LogP contribution in [-0.4, -0.2) is 12.3 Å². The molecular weight excluding hydrogens is 121 g/mol. The van der Waals surface area contributed by atoms with Gasteiger partial charge in [-0.15, -0.1) is 5.98 Å². The highest BCUT2D eigenvalue weighted by atomic mass is 14.7. The minimum atomic E-state index is 1.08. The van der Waals surface area contributed by atoms with E-state index in [1.807, 2.05) is 26.2 Å². The van der Waals surface area contributed by atoms with Gasteiger partial charge in [0.25, 0.3) is 0 Å². The van der Waals surface area contributed by atoms with Gasteiger partial charge in [0.05, 0.1) is 0 Å². The highest BCUT2D eigenvalue weighted by molar-refractivity contribution is 6.61. The Kier molecular flexibility index (Phi) is 1.13. The second kappa shape index (κ2) is 1.98. The number of hydrogen-bond donors (Lipinski definition) is 0. The van der Waals surface area contributed by atoms with Gasteiger partial charge >= 0.3 is 0 Å². The van der Waals surface area contributed by atoms with Gasteiger partial charge in [-0.3, -0.25) is 4.98 Å². The van der Waals surface area contributed by atoms with Gasteiger partial charge in [0.2, 0.25) is 7.28 Å². The van der Waals surface area contributed by atoms with Gasteiger partial charge in [-0.05, 0) is 18.6 Å². The van der Waals surface area contributed by atoms with Crippen molar-refractivity contribution in [1.29, 1.82) is 0 Å². The summed E-state index contributed by atoms with van der Waals surface area (Å²) >= 11 is 0. The molecule has 1 aliphatic rings. The van der Waals surface area contributed by atoms with E-state index in [1.54, 1.807) is 0 Å². The molecule has 2 heterocycles. The van der Waals surface area contributed by atoms with Gasteiger partial charge in [0.1, 0.15) is 0 Å². The van der Waals surface area contributed by atoms with Crippen molar-refractivity contribution >= 4 is 18.9 Å². The van der Waals surface area contributed by atoms with Crippen molar-refractivity contribution in [3.8, 4) is 0 Å². The minimum absolute atomic E-state index is 1.08. The van der Waals surface area contributed by atoms with E-state index in [0.717, 1.165) is 11.3 Å². The van der Waals surface area contributed by atoms with Crippen LogP contribution in [0.4, 0.5) is 0 Å². The van der Waals surface area contributed by atoms with Crippen molar-refractivity contribution in [2.24, 2.45) is 0 Å². The van der Waals surface area contributed by atoms with Crippen LogP contribution in [0.5, 0.6) is 0 Å². The summed E-state index contributed by atoms with van der Waals surface area (Å²) in [5.74, 6) is 2.02. The van der Waals surface area contributed by atoms with Gasteiger partial charge in [0, 0.05) is 11.3 Å². The molecule has 1 aliphatic heterocycles. The summed E-state index contributed by atoms with van der Waals surface area (Å²) < 4.78 is 0. The Morgan fingerprint density at radius 1 is 1.40 bits per heavy atom. The fraction of sp³-hybridized carbons (Fsp3) is 0.125. The maximum absolute atomic E-state index is 4.34. The Balaban J connectivity index is 2.59. The predicted octanol–water partition coefficient (Wildman–Crippen LogP) is 0.704. The Morgan fingerprint density at radius 3 is 3.20 bits per heavy atom. The average molecular weight is 128 g/mol. The Labute approximate surface area is 61.0 Å². The number of fused-ring (bicyclic) bond motifs is 1. The lowest BCUT2D eigenvalue weighted by atomic mass is 9.77. The van der Waals surface area contributed by atoms with Crippen LogP contribution in [0.25, 0.3) is 6.08 Å². The summed E-state index contributed by atoms with van der Waals surface area (Å²) in [5.41, 5.74) is 3.41. The van der Waals surface area contributed by atoms with Crippen LogP contribution in [0, 0.1) is 6.92 Å². The lowest BCUT2D eigenvalue weighted by Gasteiger charge is -1.97. The molecule has 2 heteroatoms. The third-order valence-corrected chi connectivity index (χ3v) is 1.63. The van der Waals surface area contributed by atoms with Crippen molar-refractivity contribution in [3.63, 3.8) is 0 Å². The number of rotatable bonds is 0. The molecule has 1 aromatic rings. The molecule has 0 unspecified atom stereocenters. The fourth-order valence-corrected chi connectivity index (χ4v) is 1.10. The molecule has 2 rings (SSSR count). The highest BCUT2D eigenvalue weighted by Crippen LogP contribution is 2.03. The normalized spacial score (nSPS) is 12.9. The molecule has 0 aromatic carbocycles. The van der Waals surface area contributed by atoms with Crippen molar-refractivity contribution in [2.75, 3.05) is 0 Å². The molecule has 1 nitrogen and oxygen atoms in total. The summed E-state index contributed by atoms with van der Waals surface area (Å²) in [6, 6.07) is 4.12. The average Bonchev–Trinajstić information content (AvgIpc) is 2.33. The van der Waals surface area contributed by atoms with Crippen LogP contribution in [-0.2, 0) is 0 Å². The first-order valence-corrected chi connectivity index (χ1v) is 3.35. The zero-order valence-corrected chi connectivity index (χ0v) is 5.83. The molecule has 1 aromatic heterocycles. The maximum atomic E-state index is 4.34. The van der Waals surface area contributed by atoms with Gasteiger partial charge in [0.15, 0.2) is 0 Å². The lowest BCUT2D eigenvalue weighted by Crippen LogP contribution is -2.16. The van der Waals surface area contributed by atoms with E-state index in [-0.39, 0.29) is 0 Å². The van der Waals surface area contributed by atoms with Gasteiger partial charge in [-0.1, -0.05) is 12.1 Å². The van der Waals surface area contributed by atoms with Gasteiger partial charge < -0.3 is 0 Å². The van der Waals surface area contributed by atoms with E-state index in [1.165, 1.54) is 5.56 Å². The molecule has 0 aliphatic carbocycles. The fourth-order valence-electron chi connectivity index (χ4n) is 1.10. The van der Waals surface area contributed by atoms with Crippen LogP contribution in [0.2, 0.25) is 0 Å². The first-order valence-electron chi connectivity index (χ1n) is 3.35. The van der Waals surface area contributed by atoms with Gasteiger partial charge in [-0.2, -0.15) is 0 Å². The van der Waals surface area contributed by atoms with Crippen molar-refractivity contribution in [2.45, 2.75) is 6.92 Å². The molecule has 0 N–H and O–H groups in total. The van der Waals surface area contributed by atoms with E-state index in [0.29, 0.717) is 0 Å². The van der Waals surface area contributed by atoms with E-state index in [2.05, 4.69) is 17.1 Å². The van der Waals surface area contributed by atoms with E-state index in [9.17, 15) is 0 Å². The molecule has 0 spiro atoms. The van der Waals surface area contributed by atoms with Crippen LogP contribution >= 0.6 is 0 Å². The largest absolute Gasteiger partial charge is 0.268 e. The number of hydrogen-bond acceptors (Lipinski definition) is 1. The van der Waals surface area contributed by atoms with E-state index < -0.39 is 0 Å². The van der Waals surface area contributed by atoms with Crippen LogP contribution in [0.3, 0.4) is 0 Å². The third kappa shape index (κ3) is 0.765. The summed E-state index contributed by atoms with van der Waals surface area (Å²) in [4.78, 5) is 4.34. The summed E-state index contributed by atoms with van der Waals surface area (Å²) in [6.07, 6.45) is 2.07. The highest BCUT2D eigenvalue weighted by Gasteiger charge is 2.05. The second-order valence-electron chi connectivity index (χ2n) is 2.45. The number of pyridine rings is 1. The molecule has 10 heavy (non-hydrogen) atoms. The monoisotopic (exact) mass is 128 g/mol. The Bertz CT molecular complexity index is 291. The van der Waals surface area contributed by atoms with Gasteiger partial charge in [-0.25, -0.2) is 0 Å². The Hall–Kier alpha value is -1.05. The van der Waals surface area contributed by atoms with Crippen LogP contribution < -0.4 is 5.59 Å². The van der Waals surface area contributed by atoms with Crippen molar-refractivity contribution in [3.05, 3.63) is 29.4 Å². The first-order chi connectivity index (χ1) is 4.86. The molecule has 0 bridgehead atoms. The minimum Gasteiger partial charge on any atom is -0.268 e. The number of nitrogens with zero attached hydrogens (tertiary/aromatic N) is 1. The summed E-state index contributed by atoms with van der Waals surface area (Å²) in [7, 11) is 2.03. The van der Waals surface area contributed by atoms with Crippen molar-refractivity contribution < 1.29 is 0 Å². The molecule has 0 saturated carbocycles. The smallest absolute Gasteiger partial charge is 0.208 e. The zero-order chi connectivity index (χ0) is 6.97. The SMILES string of the molecule is Cc1ccc2c(n1)[B]C=C2. The molecule has 47 valence electrons. The summed E-state index contributed by atoms with van der Waals surface area (Å²) in [6.45, 7) is 2.01. The topological polar surface area (TPSA) is 12.9 Å². The zero-order valence-electron chi connectivity index (χ0n) is 5.83. The third-order valence-electron chi connectivity index (χ3n) is 1.63. The molecular formula is C8H7BN.